The predicted octanol–water partition coefficient (Wildman–Crippen LogP) is 4.29. The van der Waals surface area contributed by atoms with Gasteiger partial charge in [0.15, 0.2) is 0 Å². The highest BCUT2D eigenvalue weighted by Gasteiger charge is 2.51. The smallest absolute Gasteiger partial charge is 0.293 e. The Labute approximate surface area is 175 Å². The molecular weight excluding hydrogens is 416 g/mol. The summed E-state index contributed by atoms with van der Waals surface area (Å²) in [7, 11) is 0. The van der Waals surface area contributed by atoms with Crippen molar-refractivity contribution < 1.29 is 14.4 Å². The van der Waals surface area contributed by atoms with Crippen LogP contribution < -0.4 is 5.32 Å². The number of hydrogen-bond acceptors (Lipinski definition) is 5. The quantitative estimate of drug-likeness (QED) is 0.691. The maximum absolute atomic E-state index is 12.7. The van der Waals surface area contributed by atoms with E-state index in [-0.39, 0.29) is 30.1 Å². The van der Waals surface area contributed by atoms with E-state index in [1.165, 1.54) is 16.2 Å². The average Bonchev–Trinajstić information content (AvgIpc) is 3.26. The summed E-state index contributed by atoms with van der Waals surface area (Å²) in [6.45, 7) is 0.384. The van der Waals surface area contributed by atoms with E-state index >= 15 is 0 Å². The fraction of sp³-hybridized carbons (Fsp3) is 0.250. The zero-order valence-corrected chi connectivity index (χ0v) is 17.2. The molecule has 28 heavy (non-hydrogen) atoms. The van der Waals surface area contributed by atoms with Gasteiger partial charge in [-0.2, -0.15) is 0 Å². The van der Waals surface area contributed by atoms with E-state index in [2.05, 4.69) is 5.32 Å². The van der Waals surface area contributed by atoms with E-state index in [1.807, 2.05) is 35.7 Å². The summed E-state index contributed by atoms with van der Waals surface area (Å²) < 4.78 is 0. The largest absolute Gasteiger partial charge is 0.354 e. The molecule has 0 bridgehead atoms. The number of nitrogens with one attached hydrogen (secondary N) is 1. The topological polar surface area (TPSA) is 66.5 Å². The molecule has 0 spiro atoms. The van der Waals surface area contributed by atoms with E-state index in [1.54, 1.807) is 12.1 Å². The van der Waals surface area contributed by atoms with Gasteiger partial charge in [-0.15, -0.1) is 11.3 Å². The Bertz CT molecular complexity index is 968. The molecule has 1 saturated heterocycles. The minimum atomic E-state index is -0.539. The van der Waals surface area contributed by atoms with Crippen LogP contribution in [0.25, 0.3) is 6.08 Å². The second kappa shape index (κ2) is 7.73. The molecule has 8 heteroatoms. The van der Waals surface area contributed by atoms with Crippen LogP contribution >= 0.6 is 34.7 Å². The maximum atomic E-state index is 12.7. The van der Waals surface area contributed by atoms with Gasteiger partial charge in [0, 0.05) is 23.0 Å². The Morgan fingerprint density at radius 3 is 2.75 bits per heavy atom. The lowest BCUT2D eigenvalue weighted by atomic mass is 9.95. The molecule has 2 aliphatic rings. The zero-order chi connectivity index (χ0) is 19.7. The number of rotatable bonds is 6. The Morgan fingerprint density at radius 2 is 2.07 bits per heavy atom. The highest BCUT2D eigenvalue weighted by Crippen LogP contribution is 2.48. The molecule has 2 fully saturated rings. The van der Waals surface area contributed by atoms with Crippen molar-refractivity contribution in [2.45, 2.75) is 18.3 Å². The third-order valence-corrected chi connectivity index (χ3v) is 6.83. The van der Waals surface area contributed by atoms with Crippen LogP contribution in [0.3, 0.4) is 0 Å². The van der Waals surface area contributed by atoms with Crippen molar-refractivity contribution in [3.8, 4) is 0 Å². The van der Waals surface area contributed by atoms with Crippen molar-refractivity contribution in [3.63, 3.8) is 0 Å². The van der Waals surface area contributed by atoms with E-state index in [0.717, 1.165) is 35.0 Å². The lowest BCUT2D eigenvalue weighted by Gasteiger charge is -2.18. The van der Waals surface area contributed by atoms with Crippen LogP contribution in [0, 0.1) is 0 Å². The van der Waals surface area contributed by atoms with Crippen LogP contribution in [-0.2, 0) is 15.0 Å². The van der Waals surface area contributed by atoms with Crippen molar-refractivity contribution in [3.05, 3.63) is 62.1 Å². The van der Waals surface area contributed by atoms with Gasteiger partial charge in [0.2, 0.25) is 5.91 Å². The lowest BCUT2D eigenvalue weighted by Crippen LogP contribution is -2.41. The molecule has 1 aliphatic heterocycles. The standard InChI is InChI=1S/C20H17ClN2O3S2/c21-14-4-1-3-13(11-14)20(6-7-20)18(25)22-8-9-23-17(24)16(28-19(23)26)12-15-5-2-10-27-15/h1-5,10-12H,6-9H2,(H,22,25)/b16-12+. The number of thioether (sulfide) groups is 1. The molecule has 1 aromatic heterocycles. The number of nitrogens with zero attached hydrogens (tertiary/aromatic N) is 1. The minimum absolute atomic E-state index is 0.0872. The van der Waals surface area contributed by atoms with Crippen LogP contribution in [0.4, 0.5) is 4.79 Å². The average molecular weight is 433 g/mol. The predicted molar refractivity (Wildman–Crippen MR) is 112 cm³/mol. The SMILES string of the molecule is O=C1S/C(=C/c2cccs2)C(=O)N1CCNC(=O)C1(c2cccc(Cl)c2)CC1. The molecular formula is C20H17ClN2O3S2. The van der Waals surface area contributed by atoms with Crippen LogP contribution in [0.1, 0.15) is 23.3 Å². The first-order valence-corrected chi connectivity index (χ1v) is 10.9. The first-order chi connectivity index (χ1) is 13.5. The number of halogens is 1. The van der Waals surface area contributed by atoms with Crippen LogP contribution in [-0.4, -0.2) is 35.0 Å². The summed E-state index contributed by atoms with van der Waals surface area (Å²) in [6, 6.07) is 11.1. The van der Waals surface area contributed by atoms with Crippen molar-refractivity contribution >= 4 is 57.8 Å². The number of amides is 3. The van der Waals surface area contributed by atoms with E-state index < -0.39 is 5.41 Å². The van der Waals surface area contributed by atoms with Gasteiger partial charge >= 0.3 is 0 Å². The Morgan fingerprint density at radius 1 is 1.25 bits per heavy atom. The zero-order valence-electron chi connectivity index (χ0n) is 14.8. The second-order valence-electron chi connectivity index (χ2n) is 6.70. The number of benzene rings is 1. The first kappa shape index (κ1) is 19.2. The number of thiophene rings is 1. The molecule has 0 atom stereocenters. The highest BCUT2D eigenvalue weighted by molar-refractivity contribution is 8.18. The summed E-state index contributed by atoms with van der Waals surface area (Å²) in [5.41, 5.74) is 0.366. The van der Waals surface area contributed by atoms with Gasteiger partial charge in [-0.05, 0) is 59.8 Å². The van der Waals surface area contributed by atoms with Crippen LogP contribution in [0.15, 0.2) is 46.7 Å². The minimum Gasteiger partial charge on any atom is -0.354 e. The molecule has 1 aliphatic carbocycles. The fourth-order valence-electron chi connectivity index (χ4n) is 3.20. The molecule has 5 nitrogen and oxygen atoms in total. The van der Waals surface area contributed by atoms with Gasteiger partial charge in [-0.25, -0.2) is 0 Å². The summed E-state index contributed by atoms with van der Waals surface area (Å²) in [5.74, 6) is -0.399. The summed E-state index contributed by atoms with van der Waals surface area (Å²) >= 11 is 8.49. The van der Waals surface area contributed by atoms with Gasteiger partial charge in [0.25, 0.3) is 11.1 Å². The highest BCUT2D eigenvalue weighted by atomic mass is 35.5. The Hall–Kier alpha value is -2.09. The summed E-state index contributed by atoms with van der Waals surface area (Å²) in [4.78, 5) is 39.9. The molecule has 1 N–H and O–H groups in total. The lowest BCUT2D eigenvalue weighted by molar-refractivity contribution is -0.125. The van der Waals surface area contributed by atoms with E-state index in [0.29, 0.717) is 9.93 Å². The van der Waals surface area contributed by atoms with Gasteiger partial charge in [0.05, 0.1) is 10.3 Å². The fourth-order valence-corrected chi connectivity index (χ4v) is 4.98. The molecule has 1 saturated carbocycles. The Kier molecular flexibility index (Phi) is 5.31. The molecule has 2 aromatic rings. The van der Waals surface area contributed by atoms with Crippen molar-refractivity contribution in [2.24, 2.45) is 0 Å². The third kappa shape index (κ3) is 3.74. The van der Waals surface area contributed by atoms with Crippen molar-refractivity contribution in [1.29, 1.82) is 0 Å². The third-order valence-electron chi connectivity index (χ3n) is 4.87. The first-order valence-electron chi connectivity index (χ1n) is 8.83. The normalized spacial score (nSPS) is 19.3. The number of carbonyl (C=O) groups is 3. The number of hydrogen-bond donors (Lipinski definition) is 1. The van der Waals surface area contributed by atoms with Gasteiger partial charge < -0.3 is 5.32 Å². The molecule has 3 amide bonds. The van der Waals surface area contributed by atoms with Crippen LogP contribution in [0.5, 0.6) is 0 Å². The van der Waals surface area contributed by atoms with Gasteiger partial charge in [-0.1, -0.05) is 29.8 Å². The molecule has 1 aromatic carbocycles. The van der Waals surface area contributed by atoms with E-state index in [9.17, 15) is 14.4 Å². The van der Waals surface area contributed by atoms with Gasteiger partial charge in [0.1, 0.15) is 0 Å². The van der Waals surface area contributed by atoms with Gasteiger partial charge in [-0.3, -0.25) is 19.3 Å². The summed E-state index contributed by atoms with van der Waals surface area (Å²) in [5, 5.41) is 5.09. The maximum Gasteiger partial charge on any atom is 0.293 e. The second-order valence-corrected chi connectivity index (χ2v) is 9.11. The molecule has 0 unspecified atom stereocenters. The van der Waals surface area contributed by atoms with Crippen molar-refractivity contribution in [2.75, 3.05) is 13.1 Å². The summed E-state index contributed by atoms with van der Waals surface area (Å²) in [6.07, 6.45) is 3.26. The van der Waals surface area contributed by atoms with Crippen molar-refractivity contribution in [1.82, 2.24) is 10.2 Å². The molecule has 0 radical (unpaired) electrons. The monoisotopic (exact) mass is 432 g/mol. The molecule has 2 heterocycles. The molecule has 4 rings (SSSR count). The Balaban J connectivity index is 1.36. The number of carbonyl (C=O) groups excluding carboxylic acids is 3. The van der Waals surface area contributed by atoms with E-state index in [4.69, 9.17) is 11.6 Å². The molecule has 144 valence electrons. The number of imide groups is 1. The van der Waals surface area contributed by atoms with Crippen LogP contribution in [0.2, 0.25) is 5.02 Å².